The van der Waals surface area contributed by atoms with Crippen molar-refractivity contribution in [2.45, 2.75) is 12.6 Å². The lowest BCUT2D eigenvalue weighted by molar-refractivity contribution is -0.132. The lowest BCUT2D eigenvalue weighted by atomic mass is 10.00. The van der Waals surface area contributed by atoms with Crippen LogP contribution in [0.3, 0.4) is 0 Å². The molecular weight excluding hydrogens is 482 g/mol. The topological polar surface area (TPSA) is 66.8 Å². The van der Waals surface area contributed by atoms with Gasteiger partial charge in [-0.1, -0.05) is 48.0 Å². The molecule has 0 aliphatic carbocycles. The van der Waals surface area contributed by atoms with Crippen LogP contribution in [0.25, 0.3) is 5.76 Å². The smallest absolute Gasteiger partial charge is 0.300 e. The maximum absolute atomic E-state index is 13.2. The van der Waals surface area contributed by atoms with Gasteiger partial charge in [-0.2, -0.15) is 0 Å². The Bertz CT molecular complexity index is 1380. The molecule has 174 valence electrons. The zero-order chi connectivity index (χ0) is 24.4. The number of ether oxygens (including phenoxy) is 1. The number of anilines is 1. The van der Waals surface area contributed by atoms with Gasteiger partial charge in [0.05, 0.1) is 5.57 Å². The van der Waals surface area contributed by atoms with Crippen LogP contribution in [0, 0.1) is 0 Å². The minimum absolute atomic E-state index is 0.0455. The Hall–Kier alpha value is -3.87. The normalized spacial score (nSPS) is 17.1. The molecule has 3 aromatic carbocycles. The summed E-state index contributed by atoms with van der Waals surface area (Å²) >= 11 is 7.39. The molecule has 1 aliphatic rings. The second-order valence-corrected chi connectivity index (χ2v) is 9.38. The molecule has 0 spiro atoms. The van der Waals surface area contributed by atoms with Gasteiger partial charge in [-0.15, -0.1) is 11.3 Å². The van der Waals surface area contributed by atoms with E-state index in [0.29, 0.717) is 28.6 Å². The SMILES string of the molecule is O=C1C(=O)N(c2ccc(OCc3ccccc3)cc2)C(c2cccs2)/C1=C(/O)c1ccc(Cl)cc1. The fourth-order valence-electron chi connectivity index (χ4n) is 4.02. The molecule has 1 aromatic heterocycles. The van der Waals surface area contributed by atoms with Crippen LogP contribution in [0.5, 0.6) is 5.75 Å². The number of hydrogen-bond acceptors (Lipinski definition) is 5. The number of benzene rings is 3. The number of carbonyl (C=O) groups is 2. The van der Waals surface area contributed by atoms with E-state index in [1.165, 1.54) is 16.2 Å². The lowest BCUT2D eigenvalue weighted by Crippen LogP contribution is -2.29. The van der Waals surface area contributed by atoms with Crippen molar-refractivity contribution in [3.63, 3.8) is 0 Å². The molecule has 2 heterocycles. The third-order valence-electron chi connectivity index (χ3n) is 5.74. The monoisotopic (exact) mass is 501 g/mol. The van der Waals surface area contributed by atoms with Gasteiger partial charge < -0.3 is 9.84 Å². The highest BCUT2D eigenvalue weighted by Gasteiger charge is 2.47. The highest BCUT2D eigenvalue weighted by Crippen LogP contribution is 2.43. The fourth-order valence-corrected chi connectivity index (χ4v) is 4.97. The van der Waals surface area contributed by atoms with Crippen molar-refractivity contribution >= 4 is 46.1 Å². The molecule has 4 aromatic rings. The van der Waals surface area contributed by atoms with Crippen LogP contribution in [0.1, 0.15) is 22.0 Å². The summed E-state index contributed by atoms with van der Waals surface area (Å²) in [6.45, 7) is 0.418. The highest BCUT2D eigenvalue weighted by molar-refractivity contribution is 7.10. The number of hydrogen-bond donors (Lipinski definition) is 1. The molecule has 5 rings (SSSR count). The molecule has 0 saturated carbocycles. The Morgan fingerprint density at radius 1 is 0.914 bits per heavy atom. The van der Waals surface area contributed by atoms with Gasteiger partial charge >= 0.3 is 0 Å². The number of halogens is 1. The first-order valence-electron chi connectivity index (χ1n) is 10.9. The third-order valence-corrected chi connectivity index (χ3v) is 6.91. The summed E-state index contributed by atoms with van der Waals surface area (Å²) in [5.74, 6) is -1.02. The van der Waals surface area contributed by atoms with Gasteiger partial charge in [0.25, 0.3) is 11.7 Å². The van der Waals surface area contributed by atoms with E-state index in [9.17, 15) is 14.7 Å². The van der Waals surface area contributed by atoms with Gasteiger partial charge in [0, 0.05) is 21.2 Å². The largest absolute Gasteiger partial charge is 0.507 e. The predicted octanol–water partition coefficient (Wildman–Crippen LogP) is 6.61. The van der Waals surface area contributed by atoms with Crippen molar-refractivity contribution in [3.8, 4) is 5.75 Å². The summed E-state index contributed by atoms with van der Waals surface area (Å²) in [6, 6.07) is 26.3. The Labute approximate surface area is 211 Å². The summed E-state index contributed by atoms with van der Waals surface area (Å²) in [7, 11) is 0. The summed E-state index contributed by atoms with van der Waals surface area (Å²) < 4.78 is 5.86. The third kappa shape index (κ3) is 4.58. The minimum Gasteiger partial charge on any atom is -0.507 e. The van der Waals surface area contributed by atoms with E-state index in [-0.39, 0.29) is 11.3 Å². The quantitative estimate of drug-likeness (QED) is 0.183. The Morgan fingerprint density at radius 3 is 2.29 bits per heavy atom. The Morgan fingerprint density at radius 2 is 1.63 bits per heavy atom. The molecule has 1 aliphatic heterocycles. The van der Waals surface area contributed by atoms with Gasteiger partial charge in [-0.05, 0) is 65.5 Å². The van der Waals surface area contributed by atoms with E-state index in [4.69, 9.17) is 16.3 Å². The number of Topliss-reactive ketones (excluding diaryl/α,β-unsaturated/α-hetero) is 1. The molecule has 1 atom stereocenters. The maximum Gasteiger partial charge on any atom is 0.300 e. The van der Waals surface area contributed by atoms with Crippen LogP contribution in [-0.2, 0) is 16.2 Å². The van der Waals surface area contributed by atoms with Crippen LogP contribution in [-0.4, -0.2) is 16.8 Å². The van der Waals surface area contributed by atoms with Crippen molar-refractivity contribution in [2.24, 2.45) is 0 Å². The van der Waals surface area contributed by atoms with Gasteiger partial charge in [-0.25, -0.2) is 0 Å². The van der Waals surface area contributed by atoms with Crippen molar-refractivity contribution < 1.29 is 19.4 Å². The summed E-state index contributed by atoms with van der Waals surface area (Å²) in [5.41, 5.74) is 2.04. The maximum atomic E-state index is 13.2. The number of ketones is 1. The van der Waals surface area contributed by atoms with Crippen LogP contribution >= 0.6 is 22.9 Å². The van der Waals surface area contributed by atoms with Crippen LogP contribution in [0.2, 0.25) is 5.02 Å². The van der Waals surface area contributed by atoms with Crippen molar-refractivity contribution in [2.75, 3.05) is 4.90 Å². The van der Waals surface area contributed by atoms with Gasteiger partial charge in [-0.3, -0.25) is 14.5 Å². The van der Waals surface area contributed by atoms with Gasteiger partial charge in [0.1, 0.15) is 24.2 Å². The molecule has 1 amide bonds. The zero-order valence-electron chi connectivity index (χ0n) is 18.4. The fraction of sp³-hybridized carbons (Fsp3) is 0.0714. The number of rotatable bonds is 6. The number of carbonyl (C=O) groups excluding carboxylic acids is 2. The molecule has 1 unspecified atom stereocenters. The van der Waals surface area contributed by atoms with Crippen LogP contribution in [0.15, 0.2) is 102 Å². The highest BCUT2D eigenvalue weighted by atomic mass is 35.5. The summed E-state index contributed by atoms with van der Waals surface area (Å²) in [6.07, 6.45) is 0. The van der Waals surface area contributed by atoms with Gasteiger partial charge in [0.15, 0.2) is 0 Å². The number of aliphatic hydroxyl groups is 1. The van der Waals surface area contributed by atoms with Crippen molar-refractivity contribution in [3.05, 3.63) is 123 Å². The van der Waals surface area contributed by atoms with Crippen molar-refractivity contribution in [1.29, 1.82) is 0 Å². The second kappa shape index (κ2) is 9.78. The average molecular weight is 502 g/mol. The first-order valence-corrected chi connectivity index (χ1v) is 12.2. The first-order chi connectivity index (χ1) is 17.0. The standard InChI is InChI=1S/C28H20ClNO4S/c29-20-10-8-19(9-11-20)26(31)24-25(23-7-4-16-35-23)30(28(33)27(24)32)21-12-14-22(15-13-21)34-17-18-5-2-1-3-6-18/h1-16,25,31H,17H2/b26-24-. The number of nitrogens with zero attached hydrogens (tertiary/aromatic N) is 1. The first kappa shape index (κ1) is 22.9. The molecule has 0 radical (unpaired) electrons. The van der Waals surface area contributed by atoms with E-state index in [0.717, 1.165) is 10.4 Å². The minimum atomic E-state index is -0.748. The Kier molecular flexibility index (Phi) is 6.40. The van der Waals surface area contributed by atoms with E-state index in [2.05, 4.69) is 0 Å². The molecule has 5 nitrogen and oxygen atoms in total. The van der Waals surface area contributed by atoms with E-state index in [1.807, 2.05) is 47.8 Å². The van der Waals surface area contributed by atoms with E-state index >= 15 is 0 Å². The summed E-state index contributed by atoms with van der Waals surface area (Å²) in [4.78, 5) is 28.5. The number of aliphatic hydroxyl groups excluding tert-OH is 1. The average Bonchev–Trinajstić information content (AvgIpc) is 3.51. The Balaban J connectivity index is 1.49. The van der Waals surface area contributed by atoms with Crippen LogP contribution in [0.4, 0.5) is 5.69 Å². The molecule has 1 N–H and O–H groups in total. The van der Waals surface area contributed by atoms with E-state index in [1.54, 1.807) is 48.5 Å². The molecule has 1 saturated heterocycles. The predicted molar refractivity (Wildman–Crippen MR) is 138 cm³/mol. The summed E-state index contributed by atoms with van der Waals surface area (Å²) in [5, 5.41) is 13.5. The van der Waals surface area contributed by atoms with Crippen LogP contribution < -0.4 is 9.64 Å². The molecule has 7 heteroatoms. The van der Waals surface area contributed by atoms with Gasteiger partial charge in [0.2, 0.25) is 0 Å². The molecule has 0 bridgehead atoms. The second-order valence-electron chi connectivity index (χ2n) is 7.96. The zero-order valence-corrected chi connectivity index (χ0v) is 20.0. The number of thiophene rings is 1. The van der Waals surface area contributed by atoms with Crippen molar-refractivity contribution in [1.82, 2.24) is 0 Å². The molecule has 35 heavy (non-hydrogen) atoms. The molecule has 1 fully saturated rings. The number of amides is 1. The molecular formula is C28H20ClNO4S. The lowest BCUT2D eigenvalue weighted by Gasteiger charge is -2.24. The van der Waals surface area contributed by atoms with E-state index < -0.39 is 17.7 Å².